The van der Waals surface area contributed by atoms with Gasteiger partial charge in [0.2, 0.25) is 0 Å². The number of nitrogens with one attached hydrogen (secondary N) is 1. The van der Waals surface area contributed by atoms with E-state index >= 15 is 0 Å². The second kappa shape index (κ2) is 7.70. The van der Waals surface area contributed by atoms with Crippen LogP contribution < -0.4 is 14.8 Å². The molecule has 0 aromatic heterocycles. The minimum absolute atomic E-state index is 0.191. The first-order chi connectivity index (χ1) is 13.0. The average molecular weight is 368 g/mol. The molecule has 27 heavy (non-hydrogen) atoms. The van der Waals surface area contributed by atoms with E-state index in [1.807, 2.05) is 50.2 Å². The zero-order valence-electron chi connectivity index (χ0n) is 15.8. The summed E-state index contributed by atoms with van der Waals surface area (Å²) in [6, 6.07) is 14.4. The molecule has 1 atom stereocenters. The number of rotatable bonds is 7. The van der Waals surface area contributed by atoms with E-state index in [4.69, 9.17) is 9.47 Å². The molecular formula is C21H24N2O4. The lowest BCUT2D eigenvalue weighted by Gasteiger charge is -2.26. The van der Waals surface area contributed by atoms with Crippen LogP contribution in [0, 0.1) is 6.92 Å². The molecule has 3 rings (SSSR count). The van der Waals surface area contributed by atoms with E-state index in [0.717, 1.165) is 11.1 Å². The lowest BCUT2D eigenvalue weighted by Crippen LogP contribution is -2.43. The Morgan fingerprint density at radius 2 is 1.63 bits per heavy atom. The van der Waals surface area contributed by atoms with Crippen molar-refractivity contribution in [2.75, 3.05) is 20.3 Å². The van der Waals surface area contributed by atoms with Crippen molar-refractivity contribution < 1.29 is 19.1 Å². The van der Waals surface area contributed by atoms with Crippen molar-refractivity contribution in [3.8, 4) is 11.5 Å². The van der Waals surface area contributed by atoms with E-state index in [0.29, 0.717) is 17.9 Å². The predicted octanol–water partition coefficient (Wildman–Crippen LogP) is 3.24. The summed E-state index contributed by atoms with van der Waals surface area (Å²) in [5, 5.41) is 2.87. The predicted molar refractivity (Wildman–Crippen MR) is 102 cm³/mol. The van der Waals surface area contributed by atoms with Gasteiger partial charge in [0.15, 0.2) is 0 Å². The zero-order valence-corrected chi connectivity index (χ0v) is 15.8. The number of benzene rings is 2. The van der Waals surface area contributed by atoms with Gasteiger partial charge < -0.3 is 14.8 Å². The number of imide groups is 1. The molecule has 2 aromatic carbocycles. The monoisotopic (exact) mass is 368 g/mol. The van der Waals surface area contributed by atoms with Crippen LogP contribution in [-0.2, 0) is 10.3 Å². The van der Waals surface area contributed by atoms with Crippen LogP contribution in [0.2, 0.25) is 0 Å². The number of amides is 3. The van der Waals surface area contributed by atoms with Crippen molar-refractivity contribution in [1.82, 2.24) is 10.2 Å². The summed E-state index contributed by atoms with van der Waals surface area (Å²) in [6.07, 6.45) is 0.458. The van der Waals surface area contributed by atoms with Crippen molar-refractivity contribution in [1.29, 1.82) is 0 Å². The molecule has 2 aromatic rings. The Morgan fingerprint density at radius 1 is 1.00 bits per heavy atom. The van der Waals surface area contributed by atoms with Crippen molar-refractivity contribution in [3.63, 3.8) is 0 Å². The van der Waals surface area contributed by atoms with Crippen molar-refractivity contribution in [3.05, 3.63) is 59.7 Å². The number of methoxy groups -OCH3 is 1. The molecule has 1 aliphatic heterocycles. The quantitative estimate of drug-likeness (QED) is 0.762. The fourth-order valence-electron chi connectivity index (χ4n) is 3.23. The third-order valence-electron chi connectivity index (χ3n) is 4.89. The van der Waals surface area contributed by atoms with Crippen molar-refractivity contribution >= 4 is 11.9 Å². The number of urea groups is 1. The molecule has 142 valence electrons. The van der Waals surface area contributed by atoms with Crippen molar-refractivity contribution in [2.24, 2.45) is 0 Å². The second-order valence-corrected chi connectivity index (χ2v) is 6.54. The zero-order chi connectivity index (χ0) is 19.4. The summed E-state index contributed by atoms with van der Waals surface area (Å²) in [7, 11) is 1.59. The number of carbonyl (C=O) groups excluding carboxylic acids is 2. The molecule has 0 aliphatic carbocycles. The average Bonchev–Trinajstić information content (AvgIpc) is 2.94. The minimum atomic E-state index is -1.05. The molecule has 6 nitrogen and oxygen atoms in total. The smallest absolute Gasteiger partial charge is 0.325 e. The summed E-state index contributed by atoms with van der Waals surface area (Å²) in [5.74, 6) is 1.15. The first kappa shape index (κ1) is 18.8. The lowest BCUT2D eigenvalue weighted by atomic mass is 9.87. The molecule has 6 heteroatoms. The van der Waals surface area contributed by atoms with Crippen LogP contribution in [0.4, 0.5) is 4.79 Å². The maximum Gasteiger partial charge on any atom is 0.325 e. The fraction of sp³-hybridized carbons (Fsp3) is 0.333. The number of hydrogen-bond acceptors (Lipinski definition) is 4. The minimum Gasteiger partial charge on any atom is -0.497 e. The Bertz CT molecular complexity index is 817. The summed E-state index contributed by atoms with van der Waals surface area (Å²) in [4.78, 5) is 26.7. The normalized spacial score (nSPS) is 19.1. The molecule has 0 spiro atoms. The highest BCUT2D eigenvalue weighted by atomic mass is 16.5. The van der Waals surface area contributed by atoms with Crippen LogP contribution in [0.3, 0.4) is 0 Å². The molecule has 0 radical (unpaired) electrons. The maximum absolute atomic E-state index is 13.1. The van der Waals surface area contributed by atoms with Gasteiger partial charge in [0, 0.05) is 0 Å². The second-order valence-electron chi connectivity index (χ2n) is 6.54. The van der Waals surface area contributed by atoms with E-state index in [1.165, 1.54) is 4.90 Å². The van der Waals surface area contributed by atoms with Gasteiger partial charge in [-0.05, 0) is 43.2 Å². The highest BCUT2D eigenvalue weighted by molar-refractivity contribution is 6.07. The van der Waals surface area contributed by atoms with Crippen LogP contribution in [0.15, 0.2) is 48.5 Å². The molecule has 1 aliphatic rings. The maximum atomic E-state index is 13.1. The number of ether oxygens (including phenoxy) is 2. The van der Waals surface area contributed by atoms with Crippen LogP contribution in [-0.4, -0.2) is 37.1 Å². The summed E-state index contributed by atoms with van der Waals surface area (Å²) in [5.41, 5.74) is 0.836. The molecule has 3 amide bonds. The van der Waals surface area contributed by atoms with Gasteiger partial charge in [0.25, 0.3) is 5.91 Å². The molecule has 1 heterocycles. The first-order valence-corrected chi connectivity index (χ1v) is 8.98. The Balaban J connectivity index is 1.71. The molecule has 0 saturated carbocycles. The Labute approximate surface area is 159 Å². The largest absolute Gasteiger partial charge is 0.497 e. The third kappa shape index (κ3) is 3.60. The topological polar surface area (TPSA) is 67.9 Å². The number of nitrogens with zero attached hydrogens (tertiary/aromatic N) is 1. The van der Waals surface area contributed by atoms with Gasteiger partial charge in [-0.2, -0.15) is 0 Å². The van der Waals surface area contributed by atoms with E-state index < -0.39 is 11.6 Å². The van der Waals surface area contributed by atoms with Crippen LogP contribution in [0.5, 0.6) is 11.5 Å². The van der Waals surface area contributed by atoms with E-state index in [1.54, 1.807) is 19.2 Å². The van der Waals surface area contributed by atoms with Crippen molar-refractivity contribution in [2.45, 2.75) is 25.8 Å². The Morgan fingerprint density at radius 3 is 2.22 bits per heavy atom. The SMILES string of the molecule is CCC1(c2ccc(OC)cc2)NC(=O)N(CCOc2ccc(C)cc2)C1=O. The highest BCUT2D eigenvalue weighted by Crippen LogP contribution is 2.33. The van der Waals surface area contributed by atoms with E-state index in [-0.39, 0.29) is 19.1 Å². The van der Waals surface area contributed by atoms with Gasteiger partial charge in [-0.3, -0.25) is 9.69 Å². The molecule has 1 saturated heterocycles. The standard InChI is InChI=1S/C21H24N2O4/c1-4-21(16-7-11-17(26-3)12-8-16)19(24)23(20(25)22-21)13-14-27-18-9-5-15(2)6-10-18/h5-12H,4,13-14H2,1-3H3,(H,22,25). The molecule has 1 N–H and O–H groups in total. The molecule has 1 unspecified atom stereocenters. The molecule has 1 fully saturated rings. The Hall–Kier alpha value is -3.02. The fourth-order valence-corrected chi connectivity index (χ4v) is 3.23. The lowest BCUT2D eigenvalue weighted by molar-refractivity contribution is -0.132. The molecule has 0 bridgehead atoms. The van der Waals surface area contributed by atoms with E-state index in [2.05, 4.69) is 5.32 Å². The summed E-state index contributed by atoms with van der Waals surface area (Å²) < 4.78 is 10.8. The third-order valence-corrected chi connectivity index (χ3v) is 4.89. The van der Waals surface area contributed by atoms with E-state index in [9.17, 15) is 9.59 Å². The van der Waals surface area contributed by atoms with Crippen LogP contribution in [0.1, 0.15) is 24.5 Å². The number of hydrogen-bond donors (Lipinski definition) is 1. The van der Waals surface area contributed by atoms with Gasteiger partial charge in [-0.1, -0.05) is 36.8 Å². The van der Waals surface area contributed by atoms with Gasteiger partial charge in [-0.25, -0.2) is 4.79 Å². The molecular weight excluding hydrogens is 344 g/mol. The first-order valence-electron chi connectivity index (χ1n) is 8.98. The van der Waals surface area contributed by atoms with Crippen LogP contribution in [0.25, 0.3) is 0 Å². The van der Waals surface area contributed by atoms with Gasteiger partial charge >= 0.3 is 6.03 Å². The van der Waals surface area contributed by atoms with Crippen LogP contribution >= 0.6 is 0 Å². The number of aryl methyl sites for hydroxylation is 1. The Kier molecular flexibility index (Phi) is 5.35. The summed E-state index contributed by atoms with van der Waals surface area (Å²) >= 11 is 0. The van der Waals surface area contributed by atoms with Gasteiger partial charge in [0.1, 0.15) is 23.6 Å². The highest BCUT2D eigenvalue weighted by Gasteiger charge is 2.51. The van der Waals surface area contributed by atoms with Gasteiger partial charge in [0.05, 0.1) is 13.7 Å². The summed E-state index contributed by atoms with van der Waals surface area (Å²) in [6.45, 7) is 4.32. The van der Waals surface area contributed by atoms with Gasteiger partial charge in [-0.15, -0.1) is 0 Å². The number of carbonyl (C=O) groups is 2.